The Morgan fingerprint density at radius 2 is 2.21 bits per heavy atom. The minimum absolute atomic E-state index is 0.167. The third kappa shape index (κ3) is 3.20. The summed E-state index contributed by atoms with van der Waals surface area (Å²) in [4.78, 5) is 12.0. The largest absolute Gasteiger partial charge is 0.469 e. The van der Waals surface area contributed by atoms with Crippen molar-refractivity contribution in [1.82, 2.24) is 5.32 Å². The quantitative estimate of drug-likeness (QED) is 0.838. The molecule has 0 saturated carbocycles. The number of methoxy groups -OCH3 is 1. The van der Waals surface area contributed by atoms with E-state index in [0.29, 0.717) is 23.0 Å². The summed E-state index contributed by atoms with van der Waals surface area (Å²) in [7, 11) is 1.35. The fraction of sp³-hybridized carbons (Fsp3) is 0.462. The van der Waals surface area contributed by atoms with Crippen LogP contribution in [0, 0.1) is 0 Å². The standard InChI is InChI=1S/C13H15Cl2NO3/c1-19-13(18)12(11-5-8(17)6-16-11)7-2-3-9(14)10(15)4-7/h2-4,8,11-12,16-17H,5-6H2,1H3/t8-,11+,12-/m1/s1. The second-order valence-electron chi connectivity index (χ2n) is 4.58. The average Bonchev–Trinajstić information content (AvgIpc) is 2.80. The lowest BCUT2D eigenvalue weighted by atomic mass is 9.90. The normalized spacial score (nSPS) is 24.2. The average molecular weight is 304 g/mol. The molecule has 1 fully saturated rings. The number of aliphatic hydroxyl groups excluding tert-OH is 1. The first-order valence-electron chi connectivity index (χ1n) is 5.97. The number of nitrogens with one attached hydrogen (secondary N) is 1. The molecule has 1 aromatic carbocycles. The predicted octanol–water partition coefficient (Wildman–Crippen LogP) is 1.97. The smallest absolute Gasteiger partial charge is 0.314 e. The number of carbonyl (C=O) groups excluding carboxylic acids is 1. The van der Waals surface area contributed by atoms with Crippen LogP contribution in [-0.4, -0.2) is 36.9 Å². The maximum atomic E-state index is 12.0. The Kier molecular flexibility index (Phi) is 4.68. The minimum Gasteiger partial charge on any atom is -0.469 e. The van der Waals surface area contributed by atoms with E-state index in [2.05, 4.69) is 5.32 Å². The molecule has 2 rings (SSSR count). The number of ether oxygens (including phenoxy) is 1. The summed E-state index contributed by atoms with van der Waals surface area (Å²) < 4.78 is 4.85. The zero-order chi connectivity index (χ0) is 14.0. The van der Waals surface area contributed by atoms with Crippen LogP contribution in [0.15, 0.2) is 18.2 Å². The molecule has 0 unspecified atom stereocenters. The first-order valence-corrected chi connectivity index (χ1v) is 6.72. The van der Waals surface area contributed by atoms with Crippen molar-refractivity contribution in [2.24, 2.45) is 0 Å². The number of halogens is 2. The molecule has 0 amide bonds. The summed E-state index contributed by atoms with van der Waals surface area (Å²) in [5.74, 6) is -0.859. The van der Waals surface area contributed by atoms with Crippen molar-refractivity contribution in [3.8, 4) is 0 Å². The highest BCUT2D eigenvalue weighted by Crippen LogP contribution is 2.31. The van der Waals surface area contributed by atoms with Crippen LogP contribution in [0.2, 0.25) is 10.0 Å². The van der Waals surface area contributed by atoms with E-state index in [-0.39, 0.29) is 12.0 Å². The first kappa shape index (κ1) is 14.6. The molecule has 19 heavy (non-hydrogen) atoms. The number of β-amino-alcohol motifs (C(OH)–C–C–N with tert-alkyl or cyclic N) is 1. The van der Waals surface area contributed by atoms with Crippen LogP contribution < -0.4 is 5.32 Å². The Labute approximate surface area is 121 Å². The fourth-order valence-corrected chi connectivity index (χ4v) is 2.67. The Bertz CT molecular complexity index is 481. The predicted molar refractivity (Wildman–Crippen MR) is 73.6 cm³/mol. The number of aliphatic hydroxyl groups is 1. The molecule has 6 heteroatoms. The molecule has 104 valence electrons. The van der Waals surface area contributed by atoms with Crippen LogP contribution in [0.4, 0.5) is 0 Å². The van der Waals surface area contributed by atoms with Crippen LogP contribution in [0.3, 0.4) is 0 Å². The van der Waals surface area contributed by atoms with Gasteiger partial charge in [-0.1, -0.05) is 29.3 Å². The number of esters is 1. The van der Waals surface area contributed by atoms with E-state index < -0.39 is 12.0 Å². The van der Waals surface area contributed by atoms with Crippen molar-refractivity contribution in [2.75, 3.05) is 13.7 Å². The monoisotopic (exact) mass is 303 g/mol. The summed E-state index contributed by atoms with van der Waals surface area (Å²) in [6.07, 6.45) is 0.0555. The van der Waals surface area contributed by atoms with Gasteiger partial charge in [0.05, 0.1) is 29.2 Å². The number of rotatable bonds is 3. The molecule has 0 bridgehead atoms. The topological polar surface area (TPSA) is 58.6 Å². The second-order valence-corrected chi connectivity index (χ2v) is 5.39. The molecule has 1 aromatic rings. The van der Waals surface area contributed by atoms with Gasteiger partial charge in [0.15, 0.2) is 0 Å². The summed E-state index contributed by atoms with van der Waals surface area (Å²) in [5.41, 5.74) is 0.729. The maximum Gasteiger partial charge on any atom is 0.314 e. The molecule has 1 aliphatic heterocycles. The summed E-state index contributed by atoms with van der Waals surface area (Å²) >= 11 is 11.9. The molecule has 1 heterocycles. The molecule has 1 aliphatic rings. The minimum atomic E-state index is -0.503. The Balaban J connectivity index is 2.31. The van der Waals surface area contributed by atoms with Gasteiger partial charge < -0.3 is 15.2 Å². The van der Waals surface area contributed by atoms with Gasteiger partial charge in [-0.3, -0.25) is 4.79 Å². The third-order valence-electron chi connectivity index (χ3n) is 3.30. The van der Waals surface area contributed by atoms with Gasteiger partial charge in [0, 0.05) is 12.6 Å². The number of hydrogen-bond donors (Lipinski definition) is 2. The van der Waals surface area contributed by atoms with E-state index in [4.69, 9.17) is 27.9 Å². The van der Waals surface area contributed by atoms with Gasteiger partial charge in [0.1, 0.15) is 0 Å². The highest BCUT2D eigenvalue weighted by atomic mass is 35.5. The molecular formula is C13H15Cl2NO3. The number of benzene rings is 1. The van der Waals surface area contributed by atoms with E-state index in [1.54, 1.807) is 18.2 Å². The zero-order valence-corrected chi connectivity index (χ0v) is 11.9. The van der Waals surface area contributed by atoms with Gasteiger partial charge in [0.2, 0.25) is 0 Å². The van der Waals surface area contributed by atoms with Gasteiger partial charge in [0.25, 0.3) is 0 Å². The van der Waals surface area contributed by atoms with E-state index in [0.717, 1.165) is 5.56 Å². The van der Waals surface area contributed by atoms with E-state index >= 15 is 0 Å². The van der Waals surface area contributed by atoms with E-state index in [1.165, 1.54) is 7.11 Å². The van der Waals surface area contributed by atoms with E-state index in [1.807, 2.05) is 0 Å². The van der Waals surface area contributed by atoms with Crippen LogP contribution in [-0.2, 0) is 9.53 Å². The van der Waals surface area contributed by atoms with Crippen molar-refractivity contribution in [2.45, 2.75) is 24.5 Å². The molecule has 4 nitrogen and oxygen atoms in total. The third-order valence-corrected chi connectivity index (χ3v) is 4.04. The number of carbonyl (C=O) groups is 1. The van der Waals surface area contributed by atoms with Crippen molar-refractivity contribution < 1.29 is 14.6 Å². The fourth-order valence-electron chi connectivity index (χ4n) is 2.37. The highest BCUT2D eigenvalue weighted by Gasteiger charge is 2.36. The van der Waals surface area contributed by atoms with Crippen molar-refractivity contribution in [3.05, 3.63) is 33.8 Å². The lowest BCUT2D eigenvalue weighted by Crippen LogP contribution is -2.34. The summed E-state index contributed by atoms with van der Waals surface area (Å²) in [6, 6.07) is 4.90. The highest BCUT2D eigenvalue weighted by molar-refractivity contribution is 6.42. The van der Waals surface area contributed by atoms with Gasteiger partial charge in [-0.05, 0) is 24.1 Å². The van der Waals surface area contributed by atoms with Crippen LogP contribution in [0.5, 0.6) is 0 Å². The molecule has 3 atom stereocenters. The lowest BCUT2D eigenvalue weighted by molar-refractivity contribution is -0.143. The van der Waals surface area contributed by atoms with Gasteiger partial charge >= 0.3 is 5.97 Å². The molecule has 2 N–H and O–H groups in total. The van der Waals surface area contributed by atoms with Gasteiger partial charge in [-0.2, -0.15) is 0 Å². The lowest BCUT2D eigenvalue weighted by Gasteiger charge is -2.22. The first-order chi connectivity index (χ1) is 9.02. The van der Waals surface area contributed by atoms with Crippen molar-refractivity contribution >= 4 is 29.2 Å². The van der Waals surface area contributed by atoms with Gasteiger partial charge in [-0.25, -0.2) is 0 Å². The van der Waals surface area contributed by atoms with Crippen molar-refractivity contribution in [1.29, 1.82) is 0 Å². The zero-order valence-electron chi connectivity index (χ0n) is 10.4. The number of hydrogen-bond acceptors (Lipinski definition) is 4. The van der Waals surface area contributed by atoms with Crippen LogP contribution in [0.25, 0.3) is 0 Å². The van der Waals surface area contributed by atoms with E-state index in [9.17, 15) is 9.90 Å². The van der Waals surface area contributed by atoms with Crippen molar-refractivity contribution in [3.63, 3.8) is 0 Å². The molecule has 0 aromatic heterocycles. The van der Waals surface area contributed by atoms with Crippen LogP contribution >= 0.6 is 23.2 Å². The van der Waals surface area contributed by atoms with Gasteiger partial charge in [-0.15, -0.1) is 0 Å². The summed E-state index contributed by atoms with van der Waals surface area (Å²) in [6.45, 7) is 0.472. The molecule has 1 saturated heterocycles. The Morgan fingerprint density at radius 3 is 2.74 bits per heavy atom. The Morgan fingerprint density at radius 1 is 1.47 bits per heavy atom. The molecule has 0 radical (unpaired) electrons. The molecular weight excluding hydrogens is 289 g/mol. The molecule has 0 spiro atoms. The molecule has 0 aliphatic carbocycles. The Hall–Kier alpha value is -0.810. The SMILES string of the molecule is COC(=O)[C@H](c1ccc(Cl)c(Cl)c1)[C@@H]1C[C@@H](O)CN1. The van der Waals surface area contributed by atoms with Crippen LogP contribution in [0.1, 0.15) is 17.9 Å². The maximum absolute atomic E-state index is 12.0. The second kappa shape index (κ2) is 6.09. The summed E-state index contributed by atoms with van der Waals surface area (Å²) in [5, 5.41) is 13.5.